The van der Waals surface area contributed by atoms with Gasteiger partial charge in [0.2, 0.25) is 0 Å². The third-order valence-electron chi connectivity index (χ3n) is 5.90. The topological polar surface area (TPSA) is 54.3 Å². The normalized spacial score (nSPS) is 14.8. The van der Waals surface area contributed by atoms with Gasteiger partial charge in [-0.1, -0.05) is 12.1 Å². The van der Waals surface area contributed by atoms with Gasteiger partial charge in [0, 0.05) is 43.6 Å². The van der Waals surface area contributed by atoms with Gasteiger partial charge < -0.3 is 9.80 Å². The van der Waals surface area contributed by atoms with Gasteiger partial charge >= 0.3 is 0 Å². The molecule has 1 fully saturated rings. The first-order valence-corrected chi connectivity index (χ1v) is 10.3. The lowest BCUT2D eigenvalue weighted by Gasteiger charge is -2.37. The molecule has 1 amide bonds. The number of fused-ring (bicyclic) bond motifs is 1. The smallest absolute Gasteiger partial charge is 0.254 e. The summed E-state index contributed by atoms with van der Waals surface area (Å²) in [5.41, 5.74) is 6.24. The minimum absolute atomic E-state index is 0.0735. The van der Waals surface area contributed by atoms with Crippen LogP contribution in [0.5, 0.6) is 0 Å². The number of benzene rings is 1. The predicted octanol–water partition coefficient (Wildman–Crippen LogP) is 3.90. The van der Waals surface area contributed by atoms with Crippen molar-refractivity contribution in [3.63, 3.8) is 0 Å². The SMILES string of the molecule is Cc1cc(C(=O)N2CCN(c3cccc(C)c3C)CC2)c2cnn(C(C)C)c2n1. The number of rotatable bonds is 3. The number of carbonyl (C=O) groups excluding carboxylic acids is 1. The molecule has 0 unspecified atom stereocenters. The Kier molecular flexibility index (Phi) is 5.03. The van der Waals surface area contributed by atoms with Crippen LogP contribution < -0.4 is 4.90 Å². The zero-order valence-electron chi connectivity index (χ0n) is 17.9. The highest BCUT2D eigenvalue weighted by atomic mass is 16.2. The molecule has 1 aromatic carbocycles. The predicted molar refractivity (Wildman–Crippen MR) is 117 cm³/mol. The number of aryl methyl sites for hydroxylation is 2. The van der Waals surface area contributed by atoms with Crippen LogP contribution in [0.2, 0.25) is 0 Å². The maximum Gasteiger partial charge on any atom is 0.254 e. The average Bonchev–Trinajstić information content (AvgIpc) is 3.13. The molecule has 0 spiro atoms. The number of carbonyl (C=O) groups is 1. The van der Waals surface area contributed by atoms with Crippen molar-refractivity contribution in [1.29, 1.82) is 0 Å². The molecule has 4 rings (SSSR count). The standard InChI is InChI=1S/C23H29N5O/c1-15(2)28-22-20(14-24-28)19(13-17(4)25-22)23(29)27-11-9-26(10-12-27)21-8-6-7-16(3)18(21)5/h6-8,13-15H,9-12H2,1-5H3. The van der Waals surface area contributed by atoms with Gasteiger partial charge in [-0.3, -0.25) is 4.79 Å². The Morgan fingerprint density at radius 3 is 2.48 bits per heavy atom. The molecule has 3 heterocycles. The second-order valence-corrected chi connectivity index (χ2v) is 8.23. The molecule has 0 N–H and O–H groups in total. The number of pyridine rings is 1. The molecule has 1 saturated heterocycles. The zero-order chi connectivity index (χ0) is 20.7. The van der Waals surface area contributed by atoms with E-state index in [9.17, 15) is 4.79 Å². The third kappa shape index (κ3) is 3.48. The van der Waals surface area contributed by atoms with Gasteiger partial charge in [0.25, 0.3) is 5.91 Å². The van der Waals surface area contributed by atoms with Gasteiger partial charge in [0.05, 0.1) is 17.1 Å². The molecule has 0 radical (unpaired) electrons. The lowest BCUT2D eigenvalue weighted by Crippen LogP contribution is -2.49. The van der Waals surface area contributed by atoms with E-state index < -0.39 is 0 Å². The summed E-state index contributed by atoms with van der Waals surface area (Å²) in [5.74, 6) is 0.0735. The van der Waals surface area contributed by atoms with E-state index in [-0.39, 0.29) is 11.9 Å². The average molecular weight is 392 g/mol. The summed E-state index contributed by atoms with van der Waals surface area (Å²) in [4.78, 5) is 22.3. The van der Waals surface area contributed by atoms with Crippen molar-refractivity contribution in [3.05, 3.63) is 52.8 Å². The van der Waals surface area contributed by atoms with Crippen LogP contribution in [0.1, 0.15) is 47.1 Å². The van der Waals surface area contributed by atoms with Crippen molar-refractivity contribution in [2.24, 2.45) is 0 Å². The highest BCUT2D eigenvalue weighted by Crippen LogP contribution is 2.26. The number of piperazine rings is 1. The summed E-state index contributed by atoms with van der Waals surface area (Å²) in [6.45, 7) is 13.5. The Morgan fingerprint density at radius 2 is 1.79 bits per heavy atom. The summed E-state index contributed by atoms with van der Waals surface area (Å²) in [7, 11) is 0. The molecule has 6 nitrogen and oxygen atoms in total. The van der Waals surface area contributed by atoms with Gasteiger partial charge in [-0.15, -0.1) is 0 Å². The third-order valence-corrected chi connectivity index (χ3v) is 5.90. The van der Waals surface area contributed by atoms with E-state index in [2.05, 4.69) is 60.9 Å². The van der Waals surface area contributed by atoms with Crippen LogP contribution in [0.15, 0.2) is 30.5 Å². The Bertz CT molecular complexity index is 1060. The summed E-state index contributed by atoms with van der Waals surface area (Å²) < 4.78 is 1.89. The first-order valence-electron chi connectivity index (χ1n) is 10.3. The lowest BCUT2D eigenvalue weighted by atomic mass is 10.1. The molecular formula is C23H29N5O. The molecule has 2 aromatic heterocycles. The molecule has 152 valence electrons. The summed E-state index contributed by atoms with van der Waals surface area (Å²) >= 11 is 0. The minimum atomic E-state index is 0.0735. The first-order chi connectivity index (χ1) is 13.9. The lowest BCUT2D eigenvalue weighted by molar-refractivity contribution is 0.0748. The van der Waals surface area contributed by atoms with E-state index in [0.29, 0.717) is 18.7 Å². The monoisotopic (exact) mass is 391 g/mol. The maximum atomic E-state index is 13.4. The quantitative estimate of drug-likeness (QED) is 0.679. The van der Waals surface area contributed by atoms with Gasteiger partial charge in [0.1, 0.15) is 0 Å². The summed E-state index contributed by atoms with van der Waals surface area (Å²) in [6.07, 6.45) is 1.78. The molecule has 29 heavy (non-hydrogen) atoms. The fourth-order valence-electron chi connectivity index (χ4n) is 4.10. The fraction of sp³-hybridized carbons (Fsp3) is 0.435. The van der Waals surface area contributed by atoms with Gasteiger partial charge in [-0.05, 0) is 57.9 Å². The highest BCUT2D eigenvalue weighted by molar-refractivity contribution is 6.05. The van der Waals surface area contributed by atoms with E-state index in [1.165, 1.54) is 16.8 Å². The zero-order valence-corrected chi connectivity index (χ0v) is 17.9. The number of nitrogens with zero attached hydrogens (tertiary/aromatic N) is 5. The number of amides is 1. The maximum absolute atomic E-state index is 13.4. The van der Waals surface area contributed by atoms with Crippen LogP contribution in [0.4, 0.5) is 5.69 Å². The molecule has 0 saturated carbocycles. The van der Waals surface area contributed by atoms with Crippen LogP contribution in [-0.2, 0) is 0 Å². The Morgan fingerprint density at radius 1 is 1.07 bits per heavy atom. The molecular weight excluding hydrogens is 362 g/mol. The second kappa shape index (κ2) is 7.50. The minimum Gasteiger partial charge on any atom is -0.368 e. The molecule has 6 heteroatoms. The van der Waals surface area contributed by atoms with Crippen molar-refractivity contribution in [1.82, 2.24) is 19.7 Å². The Balaban J connectivity index is 1.57. The number of hydrogen-bond donors (Lipinski definition) is 0. The van der Waals surface area contributed by atoms with Gasteiger partial charge in [-0.25, -0.2) is 9.67 Å². The first kappa shape index (κ1) is 19.4. The van der Waals surface area contributed by atoms with Gasteiger partial charge in [0.15, 0.2) is 5.65 Å². The number of hydrogen-bond acceptors (Lipinski definition) is 4. The van der Waals surface area contributed by atoms with E-state index in [1.807, 2.05) is 22.6 Å². The van der Waals surface area contributed by atoms with Crippen LogP contribution in [0.25, 0.3) is 11.0 Å². The summed E-state index contributed by atoms with van der Waals surface area (Å²) in [6, 6.07) is 8.53. The second-order valence-electron chi connectivity index (χ2n) is 8.23. The number of anilines is 1. The highest BCUT2D eigenvalue weighted by Gasteiger charge is 2.26. The summed E-state index contributed by atoms with van der Waals surface area (Å²) in [5, 5.41) is 5.31. The van der Waals surface area contributed by atoms with Crippen LogP contribution in [-0.4, -0.2) is 51.8 Å². The largest absolute Gasteiger partial charge is 0.368 e. The fourth-order valence-corrected chi connectivity index (χ4v) is 4.10. The van der Waals surface area contributed by atoms with Crippen LogP contribution >= 0.6 is 0 Å². The van der Waals surface area contributed by atoms with Gasteiger partial charge in [-0.2, -0.15) is 5.10 Å². The molecule has 3 aromatic rings. The Labute approximate surface area is 172 Å². The van der Waals surface area contributed by atoms with E-state index in [4.69, 9.17) is 0 Å². The van der Waals surface area contributed by atoms with Crippen molar-refractivity contribution in [2.45, 2.75) is 40.7 Å². The van der Waals surface area contributed by atoms with Crippen molar-refractivity contribution in [3.8, 4) is 0 Å². The van der Waals surface area contributed by atoms with E-state index >= 15 is 0 Å². The van der Waals surface area contributed by atoms with Crippen molar-refractivity contribution in [2.75, 3.05) is 31.1 Å². The number of aromatic nitrogens is 3. The molecule has 0 bridgehead atoms. The molecule has 0 aliphatic carbocycles. The van der Waals surface area contributed by atoms with Crippen molar-refractivity contribution < 1.29 is 4.79 Å². The van der Waals surface area contributed by atoms with E-state index in [1.54, 1.807) is 6.20 Å². The molecule has 0 atom stereocenters. The van der Waals surface area contributed by atoms with E-state index in [0.717, 1.165) is 29.8 Å². The van der Waals surface area contributed by atoms with Crippen molar-refractivity contribution >= 4 is 22.6 Å². The van der Waals surface area contributed by atoms with Crippen LogP contribution in [0.3, 0.4) is 0 Å². The Hall–Kier alpha value is -2.89. The molecule has 1 aliphatic rings. The molecule has 1 aliphatic heterocycles. The van der Waals surface area contributed by atoms with Crippen LogP contribution in [0, 0.1) is 20.8 Å².